The molecule has 4 aromatic carbocycles. The van der Waals surface area contributed by atoms with E-state index in [-0.39, 0.29) is 27.7 Å². The van der Waals surface area contributed by atoms with E-state index >= 15 is 0 Å². The number of fused-ring (bicyclic) bond motifs is 8. The summed E-state index contributed by atoms with van der Waals surface area (Å²) < 4.78 is 0. The summed E-state index contributed by atoms with van der Waals surface area (Å²) in [6.45, 7) is 0. The molecule has 0 spiro atoms. The number of hydrogen-bond acceptors (Lipinski definition) is 4. The monoisotopic (exact) mass is 722 g/mol. The van der Waals surface area contributed by atoms with Crippen molar-refractivity contribution in [3.8, 4) is 44.5 Å². The summed E-state index contributed by atoms with van der Waals surface area (Å²) in [6, 6.07) is 45.8. The maximum atomic E-state index is 12.9. The Labute approximate surface area is 309 Å². The van der Waals surface area contributed by atoms with Gasteiger partial charge in [-0.1, -0.05) is 121 Å². The van der Waals surface area contributed by atoms with Crippen molar-refractivity contribution in [3.05, 3.63) is 172 Å². The predicted molar refractivity (Wildman–Crippen MR) is 207 cm³/mol. The molecule has 0 amide bonds. The van der Waals surface area contributed by atoms with Crippen molar-refractivity contribution >= 4 is 52.1 Å². The maximum absolute atomic E-state index is 12.9. The second kappa shape index (κ2) is 13.6. The Balaban J connectivity index is 0.00000387. The quantitative estimate of drug-likeness (QED) is 0.105. The number of nitrogens with zero attached hydrogens (tertiary/aromatic N) is 3. The zero-order valence-electron chi connectivity index (χ0n) is 27.5. The van der Waals surface area contributed by atoms with E-state index in [0.29, 0.717) is 28.0 Å². The smallest absolute Gasteiger partial charge is 0.295 e. The van der Waals surface area contributed by atoms with Crippen molar-refractivity contribution in [2.45, 2.75) is 0 Å². The summed E-state index contributed by atoms with van der Waals surface area (Å²) in [5, 5.41) is 12.9. The van der Waals surface area contributed by atoms with Gasteiger partial charge in [0.2, 0.25) is 0 Å². The van der Waals surface area contributed by atoms with Crippen molar-refractivity contribution in [3.63, 3.8) is 0 Å². The molecule has 9 rings (SSSR count). The van der Waals surface area contributed by atoms with Gasteiger partial charge in [0.15, 0.2) is 0 Å². The Kier molecular flexibility index (Phi) is 8.53. The molecule has 5 heterocycles. The van der Waals surface area contributed by atoms with Crippen LogP contribution >= 0.6 is 0 Å². The molecule has 0 aliphatic carbocycles. The van der Waals surface area contributed by atoms with Crippen LogP contribution in [0.5, 0.6) is 0 Å². The largest absolute Gasteiger partial charge is 0.354 e. The van der Waals surface area contributed by atoms with Gasteiger partial charge in [0.25, 0.3) is 5.69 Å². The third-order valence-corrected chi connectivity index (χ3v) is 9.29. The molecule has 253 valence electrons. The van der Waals surface area contributed by atoms with Crippen molar-refractivity contribution in [2.24, 2.45) is 0 Å². The first-order chi connectivity index (χ1) is 25.1. The Morgan fingerprint density at radius 2 is 0.788 bits per heavy atom. The van der Waals surface area contributed by atoms with E-state index in [0.717, 1.165) is 61.4 Å². The summed E-state index contributed by atoms with van der Waals surface area (Å²) in [6.07, 6.45) is 7.94. The molecular weight excluding hydrogens is 694 g/mol. The van der Waals surface area contributed by atoms with Crippen LogP contribution < -0.4 is 0 Å². The van der Waals surface area contributed by atoms with Gasteiger partial charge in [-0.15, -0.1) is 0 Å². The topological polar surface area (TPSA) is 100 Å². The van der Waals surface area contributed by atoms with E-state index in [4.69, 9.17) is 9.97 Å². The van der Waals surface area contributed by atoms with Gasteiger partial charge in [-0.3, -0.25) is 10.1 Å². The van der Waals surface area contributed by atoms with Crippen LogP contribution in [0.4, 0.5) is 5.69 Å². The van der Waals surface area contributed by atoms with Crippen molar-refractivity contribution in [1.29, 1.82) is 0 Å². The van der Waals surface area contributed by atoms with Crippen molar-refractivity contribution in [2.75, 3.05) is 0 Å². The van der Waals surface area contributed by atoms with Gasteiger partial charge >= 0.3 is 0 Å². The van der Waals surface area contributed by atoms with E-state index in [1.54, 1.807) is 6.07 Å². The number of H-pyrrole nitrogens is 2. The molecule has 8 bridgehead atoms. The third kappa shape index (κ3) is 5.76. The minimum absolute atomic E-state index is 0. The third-order valence-electron chi connectivity index (χ3n) is 9.29. The molecule has 0 fully saturated rings. The van der Waals surface area contributed by atoms with Crippen molar-refractivity contribution < 1.29 is 22.0 Å². The zero-order chi connectivity index (χ0) is 34.3. The molecular formula is C44H29CuN5O2. The van der Waals surface area contributed by atoms with E-state index in [1.165, 1.54) is 0 Å². The fourth-order valence-electron chi connectivity index (χ4n) is 7.04. The normalized spacial score (nSPS) is 11.7. The first-order valence-electron chi connectivity index (χ1n) is 16.7. The van der Waals surface area contributed by atoms with Crippen LogP contribution in [0, 0.1) is 10.1 Å². The molecule has 8 heteroatoms. The zero-order valence-corrected chi connectivity index (χ0v) is 28.5. The Morgan fingerprint density at radius 3 is 1.17 bits per heavy atom. The van der Waals surface area contributed by atoms with E-state index in [1.807, 2.05) is 121 Å². The molecule has 52 heavy (non-hydrogen) atoms. The van der Waals surface area contributed by atoms with Crippen LogP contribution in [0.1, 0.15) is 22.8 Å². The minimum Gasteiger partial charge on any atom is -0.354 e. The van der Waals surface area contributed by atoms with Crippen LogP contribution in [0.15, 0.2) is 140 Å². The average Bonchev–Trinajstić information content (AvgIpc) is 4.00. The first-order valence-corrected chi connectivity index (χ1v) is 16.7. The summed E-state index contributed by atoms with van der Waals surface area (Å²) in [4.78, 5) is 30.3. The maximum Gasteiger partial charge on any atom is 0.295 e. The van der Waals surface area contributed by atoms with E-state index in [2.05, 4.69) is 46.4 Å². The van der Waals surface area contributed by atoms with E-state index in [9.17, 15) is 10.1 Å². The van der Waals surface area contributed by atoms with Crippen LogP contribution in [0.3, 0.4) is 0 Å². The minimum atomic E-state index is -0.328. The number of rotatable bonds is 5. The number of nitro groups is 1. The van der Waals surface area contributed by atoms with Gasteiger partial charge < -0.3 is 9.97 Å². The number of nitrogens with one attached hydrogen (secondary N) is 2. The molecule has 2 aliphatic heterocycles. The van der Waals surface area contributed by atoms with E-state index < -0.39 is 0 Å². The molecule has 0 unspecified atom stereocenters. The molecule has 7 nitrogen and oxygen atoms in total. The number of aromatic amines is 2. The van der Waals surface area contributed by atoms with Gasteiger partial charge in [-0.25, -0.2) is 9.97 Å². The standard InChI is InChI=1S/C44H29N5O2.Cu/c50-49(51)39-27-38-42(30-17-9-3-10-18-30)36-24-23-34(46-36)40(28-13-5-1-6-14-28)32-21-22-33(45-32)41(29-15-7-2-8-16-29)35-25-26-37(47-35)43(44(39)48-38)31-19-11-4-12-20-31;/h1-27,45,48H;. The molecule has 2 N–H and O–H groups in total. The van der Waals surface area contributed by atoms with Gasteiger partial charge in [0, 0.05) is 56.4 Å². The Morgan fingerprint density at radius 1 is 0.442 bits per heavy atom. The summed E-state index contributed by atoms with van der Waals surface area (Å²) >= 11 is 0. The van der Waals surface area contributed by atoms with Crippen LogP contribution in [0.25, 0.3) is 90.9 Å². The first kappa shape index (κ1) is 32.6. The SMILES string of the molecule is O=[N+]([O-])c1cc2[nH]c1c(-c1ccccc1)c1nc(c(-c3ccccc3)c3ccc([nH]3)c(-c3ccccc3)c3nc(c2-c2ccccc2)C=C3)C=C1.[Cu]. The van der Waals surface area contributed by atoms with Crippen LogP contribution in [0.2, 0.25) is 0 Å². The molecule has 1 radical (unpaired) electrons. The second-order valence-electron chi connectivity index (χ2n) is 12.4. The fourth-order valence-corrected chi connectivity index (χ4v) is 7.04. The van der Waals surface area contributed by atoms with Gasteiger partial charge in [-0.2, -0.15) is 0 Å². The van der Waals surface area contributed by atoms with Crippen molar-refractivity contribution in [1.82, 2.24) is 19.9 Å². The molecule has 0 atom stereocenters. The molecule has 3 aromatic heterocycles. The fraction of sp³-hybridized carbons (Fsp3) is 0. The molecule has 2 aliphatic rings. The summed E-state index contributed by atoms with van der Waals surface area (Å²) in [7, 11) is 0. The molecule has 7 aromatic rings. The van der Waals surface area contributed by atoms with Gasteiger partial charge in [0.1, 0.15) is 5.52 Å². The number of aromatic nitrogens is 4. The Bertz CT molecular complexity index is 2700. The summed E-state index contributed by atoms with van der Waals surface area (Å²) in [5.74, 6) is 0. The van der Waals surface area contributed by atoms with Crippen LogP contribution in [-0.2, 0) is 17.1 Å². The number of benzene rings is 4. The predicted octanol–water partition coefficient (Wildman–Crippen LogP) is 11.2. The number of hydrogen-bond donors (Lipinski definition) is 2. The van der Waals surface area contributed by atoms with Crippen LogP contribution in [-0.4, -0.2) is 24.9 Å². The van der Waals surface area contributed by atoms with Gasteiger partial charge in [-0.05, 0) is 58.7 Å². The average molecular weight is 723 g/mol. The van der Waals surface area contributed by atoms with Gasteiger partial charge in [0.05, 0.1) is 33.2 Å². The molecule has 0 saturated heterocycles. The summed E-state index contributed by atoms with van der Waals surface area (Å²) in [5.41, 5.74) is 12.5. The second-order valence-corrected chi connectivity index (χ2v) is 12.4. The molecule has 0 saturated carbocycles. The Hall–Kier alpha value is -6.60.